The lowest BCUT2D eigenvalue weighted by Crippen LogP contribution is -2.33. The first kappa shape index (κ1) is 12.5. The van der Waals surface area contributed by atoms with Crippen molar-refractivity contribution in [2.45, 2.75) is 38.1 Å². The SMILES string of the molecule is CCc1nnc(NC2CC(c3ccc(F)cc3)C2)s1. The Balaban J connectivity index is 1.53. The van der Waals surface area contributed by atoms with Crippen molar-refractivity contribution in [3.63, 3.8) is 0 Å². The minimum absolute atomic E-state index is 0.168. The van der Waals surface area contributed by atoms with E-state index in [0.717, 1.165) is 29.4 Å². The van der Waals surface area contributed by atoms with Crippen LogP contribution in [-0.2, 0) is 6.42 Å². The van der Waals surface area contributed by atoms with Crippen LogP contribution in [0.15, 0.2) is 24.3 Å². The van der Waals surface area contributed by atoms with Gasteiger partial charge in [-0.05, 0) is 42.9 Å². The van der Waals surface area contributed by atoms with Crippen LogP contribution in [0.4, 0.5) is 9.52 Å². The minimum atomic E-state index is -0.168. The molecule has 0 radical (unpaired) electrons. The molecule has 0 unspecified atom stereocenters. The van der Waals surface area contributed by atoms with Gasteiger partial charge in [0, 0.05) is 6.04 Å². The molecule has 0 bridgehead atoms. The number of rotatable bonds is 4. The summed E-state index contributed by atoms with van der Waals surface area (Å²) in [7, 11) is 0. The Hall–Kier alpha value is -1.49. The van der Waals surface area contributed by atoms with E-state index >= 15 is 0 Å². The lowest BCUT2D eigenvalue weighted by atomic mass is 9.76. The molecule has 19 heavy (non-hydrogen) atoms. The molecule has 0 amide bonds. The Morgan fingerprint density at radius 3 is 2.63 bits per heavy atom. The van der Waals surface area contributed by atoms with E-state index < -0.39 is 0 Å². The molecule has 3 nitrogen and oxygen atoms in total. The number of hydrogen-bond donors (Lipinski definition) is 1. The molecule has 100 valence electrons. The van der Waals surface area contributed by atoms with Crippen molar-refractivity contribution in [2.75, 3.05) is 5.32 Å². The number of anilines is 1. The molecule has 1 aromatic carbocycles. The minimum Gasteiger partial charge on any atom is -0.357 e. The third-order valence-corrected chi connectivity index (χ3v) is 4.58. The summed E-state index contributed by atoms with van der Waals surface area (Å²) < 4.78 is 12.8. The first-order valence-corrected chi connectivity index (χ1v) is 7.40. The smallest absolute Gasteiger partial charge is 0.205 e. The van der Waals surface area contributed by atoms with Crippen LogP contribution in [0, 0.1) is 5.82 Å². The monoisotopic (exact) mass is 277 g/mol. The van der Waals surface area contributed by atoms with E-state index in [4.69, 9.17) is 0 Å². The number of aryl methyl sites for hydroxylation is 1. The normalized spacial score (nSPS) is 22.0. The largest absolute Gasteiger partial charge is 0.357 e. The molecule has 1 fully saturated rings. The van der Waals surface area contributed by atoms with Gasteiger partial charge < -0.3 is 5.32 Å². The summed E-state index contributed by atoms with van der Waals surface area (Å²) in [4.78, 5) is 0. The number of nitrogens with zero attached hydrogens (tertiary/aromatic N) is 2. The highest BCUT2D eigenvalue weighted by Gasteiger charge is 2.30. The van der Waals surface area contributed by atoms with Crippen molar-refractivity contribution in [2.24, 2.45) is 0 Å². The molecular weight excluding hydrogens is 261 g/mol. The number of halogens is 1. The van der Waals surface area contributed by atoms with Gasteiger partial charge >= 0.3 is 0 Å². The van der Waals surface area contributed by atoms with Crippen LogP contribution in [0.1, 0.15) is 36.3 Å². The van der Waals surface area contributed by atoms with Crippen molar-refractivity contribution in [3.05, 3.63) is 40.7 Å². The first-order valence-electron chi connectivity index (χ1n) is 6.59. The summed E-state index contributed by atoms with van der Waals surface area (Å²) in [6.07, 6.45) is 3.08. The molecule has 1 N–H and O–H groups in total. The van der Waals surface area contributed by atoms with Crippen molar-refractivity contribution in [3.8, 4) is 0 Å². The second-order valence-electron chi connectivity index (χ2n) is 4.92. The highest BCUT2D eigenvalue weighted by molar-refractivity contribution is 7.15. The van der Waals surface area contributed by atoms with Crippen LogP contribution < -0.4 is 5.32 Å². The van der Waals surface area contributed by atoms with Crippen molar-refractivity contribution < 1.29 is 4.39 Å². The summed E-state index contributed by atoms with van der Waals surface area (Å²) in [5, 5.41) is 13.6. The van der Waals surface area contributed by atoms with Crippen LogP contribution in [-0.4, -0.2) is 16.2 Å². The predicted molar refractivity (Wildman–Crippen MR) is 75.1 cm³/mol. The summed E-state index contributed by atoms with van der Waals surface area (Å²) in [5.74, 6) is 0.371. The van der Waals surface area contributed by atoms with E-state index in [0.29, 0.717) is 12.0 Å². The van der Waals surface area contributed by atoms with Crippen LogP contribution in [0.25, 0.3) is 0 Å². The maximum absolute atomic E-state index is 12.8. The molecule has 0 spiro atoms. The van der Waals surface area contributed by atoms with Gasteiger partial charge in [-0.3, -0.25) is 0 Å². The zero-order valence-electron chi connectivity index (χ0n) is 10.8. The first-order chi connectivity index (χ1) is 9.24. The molecule has 3 rings (SSSR count). The second-order valence-corrected chi connectivity index (χ2v) is 5.98. The van der Waals surface area contributed by atoms with Gasteiger partial charge in [0.15, 0.2) is 0 Å². The Labute approximate surface area is 115 Å². The van der Waals surface area contributed by atoms with Crippen LogP contribution in [0.5, 0.6) is 0 Å². The van der Waals surface area contributed by atoms with E-state index in [1.807, 2.05) is 12.1 Å². The van der Waals surface area contributed by atoms with Gasteiger partial charge in [0.05, 0.1) is 0 Å². The van der Waals surface area contributed by atoms with E-state index in [2.05, 4.69) is 22.4 Å². The molecule has 0 aliphatic heterocycles. The van der Waals surface area contributed by atoms with Crippen LogP contribution in [0.2, 0.25) is 0 Å². The van der Waals surface area contributed by atoms with Crippen molar-refractivity contribution in [1.29, 1.82) is 0 Å². The highest BCUT2D eigenvalue weighted by atomic mass is 32.1. The third kappa shape index (κ3) is 2.76. The van der Waals surface area contributed by atoms with Crippen molar-refractivity contribution in [1.82, 2.24) is 10.2 Å². The van der Waals surface area contributed by atoms with Gasteiger partial charge in [-0.1, -0.05) is 30.4 Å². The lowest BCUT2D eigenvalue weighted by Gasteiger charge is -2.36. The molecule has 0 saturated heterocycles. The number of benzene rings is 1. The predicted octanol–water partition coefficient (Wildman–Crippen LogP) is 3.60. The van der Waals surface area contributed by atoms with E-state index in [-0.39, 0.29) is 5.82 Å². The van der Waals surface area contributed by atoms with Gasteiger partial charge in [-0.2, -0.15) is 0 Å². The lowest BCUT2D eigenvalue weighted by molar-refractivity contribution is 0.373. The Morgan fingerprint density at radius 2 is 2.00 bits per heavy atom. The zero-order valence-corrected chi connectivity index (χ0v) is 11.6. The molecule has 1 aliphatic rings. The van der Waals surface area contributed by atoms with E-state index in [9.17, 15) is 4.39 Å². The van der Waals surface area contributed by atoms with Gasteiger partial charge in [-0.25, -0.2) is 4.39 Å². The Kier molecular flexibility index (Phi) is 3.46. The van der Waals surface area contributed by atoms with Gasteiger partial charge in [0.2, 0.25) is 5.13 Å². The average Bonchev–Trinajstić information content (AvgIpc) is 2.82. The fraction of sp³-hybridized carbons (Fsp3) is 0.429. The molecule has 1 aromatic heterocycles. The fourth-order valence-electron chi connectivity index (χ4n) is 2.37. The van der Waals surface area contributed by atoms with E-state index in [1.165, 1.54) is 17.7 Å². The maximum Gasteiger partial charge on any atom is 0.205 e. The summed E-state index contributed by atoms with van der Waals surface area (Å²) in [6.45, 7) is 2.08. The van der Waals surface area contributed by atoms with Gasteiger partial charge in [-0.15, -0.1) is 10.2 Å². The Bertz CT molecular complexity index is 546. The molecule has 1 aliphatic carbocycles. The zero-order chi connectivity index (χ0) is 13.2. The average molecular weight is 277 g/mol. The number of nitrogens with one attached hydrogen (secondary N) is 1. The molecular formula is C14H16FN3S. The van der Waals surface area contributed by atoms with Crippen LogP contribution >= 0.6 is 11.3 Å². The molecule has 0 atom stereocenters. The van der Waals surface area contributed by atoms with Gasteiger partial charge in [0.25, 0.3) is 0 Å². The quantitative estimate of drug-likeness (QED) is 0.928. The van der Waals surface area contributed by atoms with Crippen molar-refractivity contribution >= 4 is 16.5 Å². The summed E-state index contributed by atoms with van der Waals surface area (Å²) >= 11 is 1.63. The Morgan fingerprint density at radius 1 is 1.26 bits per heavy atom. The topological polar surface area (TPSA) is 37.8 Å². The molecule has 5 heteroatoms. The number of hydrogen-bond acceptors (Lipinski definition) is 4. The highest BCUT2D eigenvalue weighted by Crippen LogP contribution is 2.38. The second kappa shape index (κ2) is 5.25. The number of aromatic nitrogens is 2. The van der Waals surface area contributed by atoms with Gasteiger partial charge in [0.1, 0.15) is 10.8 Å². The van der Waals surface area contributed by atoms with Crippen LogP contribution in [0.3, 0.4) is 0 Å². The summed E-state index contributed by atoms with van der Waals surface area (Å²) in [5.41, 5.74) is 1.23. The maximum atomic E-state index is 12.8. The standard InChI is InChI=1S/C14H16FN3S/c1-2-13-17-18-14(19-13)16-12-7-10(8-12)9-3-5-11(15)6-4-9/h3-6,10,12H,2,7-8H2,1H3,(H,16,18). The molecule has 1 saturated carbocycles. The molecule has 1 heterocycles. The summed E-state index contributed by atoms with van der Waals surface area (Å²) in [6, 6.07) is 7.31. The fourth-order valence-corrected chi connectivity index (χ4v) is 3.13. The third-order valence-electron chi connectivity index (χ3n) is 3.58. The molecule has 2 aromatic rings. The van der Waals surface area contributed by atoms with E-state index in [1.54, 1.807) is 11.3 Å².